The van der Waals surface area contributed by atoms with Crippen LogP contribution in [0.4, 0.5) is 0 Å². The summed E-state index contributed by atoms with van der Waals surface area (Å²) in [6.45, 7) is 2.82. The Morgan fingerprint density at radius 3 is 2.14 bits per heavy atom. The predicted molar refractivity (Wildman–Crippen MR) is 82.7 cm³/mol. The molecule has 0 saturated heterocycles. The molecule has 5 nitrogen and oxygen atoms in total. The van der Waals surface area contributed by atoms with Crippen LogP contribution in [-0.4, -0.2) is 26.0 Å². The molecule has 1 rings (SSSR count). The molecule has 0 amide bonds. The van der Waals surface area contributed by atoms with E-state index in [0.717, 1.165) is 0 Å². The maximum atomic E-state index is 12.3. The van der Waals surface area contributed by atoms with Crippen molar-refractivity contribution in [2.45, 2.75) is 25.2 Å². The minimum Gasteiger partial charge on any atom is -0.481 e. The number of nitrogens with one attached hydrogen (secondary N) is 1. The molecule has 0 heterocycles. The first-order chi connectivity index (χ1) is 9.53. The predicted octanol–water partition coefficient (Wildman–Crippen LogP) is 3.43. The Morgan fingerprint density at radius 2 is 1.76 bits per heavy atom. The molecule has 0 spiro atoms. The summed E-state index contributed by atoms with van der Waals surface area (Å²) in [6, 6.07) is 2.50. The summed E-state index contributed by atoms with van der Waals surface area (Å²) in [5.41, 5.74) is -1.22. The van der Waals surface area contributed by atoms with E-state index in [1.54, 1.807) is 6.92 Å². The normalized spacial score (nSPS) is 14.7. The number of aliphatic carboxylic acids is 1. The summed E-state index contributed by atoms with van der Waals surface area (Å²) in [6.07, 6.45) is 0.257. The highest BCUT2D eigenvalue weighted by Gasteiger charge is 2.33. The van der Waals surface area contributed by atoms with Gasteiger partial charge < -0.3 is 5.11 Å². The van der Waals surface area contributed by atoms with Gasteiger partial charge in [0.25, 0.3) is 0 Å². The number of rotatable bonds is 6. The SMILES string of the molecule is CCC(C)(CNS(=O)(=O)c1c(Cl)cc(Cl)cc1Cl)C(=O)O. The zero-order chi connectivity index (χ0) is 16.4. The van der Waals surface area contributed by atoms with Crippen molar-refractivity contribution in [2.75, 3.05) is 6.54 Å². The molecule has 0 aliphatic heterocycles. The van der Waals surface area contributed by atoms with Crippen molar-refractivity contribution in [3.05, 3.63) is 27.2 Å². The van der Waals surface area contributed by atoms with Crippen LogP contribution in [0.25, 0.3) is 0 Å². The van der Waals surface area contributed by atoms with Gasteiger partial charge in [0, 0.05) is 11.6 Å². The van der Waals surface area contributed by atoms with Gasteiger partial charge in [-0.05, 0) is 25.5 Å². The Balaban J connectivity index is 3.12. The molecule has 0 aromatic heterocycles. The summed E-state index contributed by atoms with van der Waals surface area (Å²) in [5, 5.41) is 9.08. The van der Waals surface area contributed by atoms with Gasteiger partial charge >= 0.3 is 5.97 Å². The molecule has 0 saturated carbocycles. The van der Waals surface area contributed by atoms with E-state index in [1.807, 2.05) is 0 Å². The van der Waals surface area contributed by atoms with E-state index in [0.29, 0.717) is 0 Å². The fraction of sp³-hybridized carbons (Fsp3) is 0.417. The average Bonchev–Trinajstić information content (AvgIpc) is 2.34. The number of carboxylic acids is 1. The molecule has 118 valence electrons. The number of hydrogen-bond acceptors (Lipinski definition) is 3. The molecule has 1 unspecified atom stereocenters. The van der Waals surface area contributed by atoms with E-state index >= 15 is 0 Å². The first kappa shape index (κ1) is 18.5. The maximum absolute atomic E-state index is 12.3. The van der Waals surface area contributed by atoms with Gasteiger partial charge in [-0.25, -0.2) is 13.1 Å². The lowest BCUT2D eigenvalue weighted by molar-refractivity contribution is -0.147. The van der Waals surface area contributed by atoms with Gasteiger partial charge in [-0.1, -0.05) is 41.7 Å². The zero-order valence-electron chi connectivity index (χ0n) is 11.3. The number of sulfonamides is 1. The second-order valence-corrected chi connectivity index (χ2v) is 7.70. The molecule has 0 bridgehead atoms. The summed E-state index contributed by atoms with van der Waals surface area (Å²) in [7, 11) is -4.05. The van der Waals surface area contributed by atoms with Crippen molar-refractivity contribution in [2.24, 2.45) is 5.41 Å². The lowest BCUT2D eigenvalue weighted by Crippen LogP contribution is -2.40. The van der Waals surface area contributed by atoms with Crippen LogP contribution in [0.2, 0.25) is 15.1 Å². The third kappa shape index (κ3) is 4.23. The van der Waals surface area contributed by atoms with Crippen molar-refractivity contribution in [1.82, 2.24) is 4.72 Å². The van der Waals surface area contributed by atoms with Gasteiger partial charge in [0.1, 0.15) is 4.90 Å². The quantitative estimate of drug-likeness (QED) is 0.799. The van der Waals surface area contributed by atoms with Crippen molar-refractivity contribution in [1.29, 1.82) is 0 Å². The maximum Gasteiger partial charge on any atom is 0.310 e. The van der Waals surface area contributed by atoms with Gasteiger partial charge in [0.2, 0.25) is 10.0 Å². The molecule has 0 fully saturated rings. The van der Waals surface area contributed by atoms with Crippen LogP contribution in [-0.2, 0) is 14.8 Å². The van der Waals surface area contributed by atoms with Crippen LogP contribution in [0.15, 0.2) is 17.0 Å². The Hall–Kier alpha value is -0.530. The van der Waals surface area contributed by atoms with Crippen molar-refractivity contribution in [3.8, 4) is 0 Å². The zero-order valence-corrected chi connectivity index (χ0v) is 14.4. The van der Waals surface area contributed by atoms with E-state index in [2.05, 4.69) is 4.72 Å². The van der Waals surface area contributed by atoms with Crippen LogP contribution in [0.5, 0.6) is 0 Å². The van der Waals surface area contributed by atoms with Gasteiger partial charge in [-0.15, -0.1) is 0 Å². The Bertz CT molecular complexity index is 639. The monoisotopic (exact) mass is 373 g/mol. The molecule has 1 atom stereocenters. The summed E-state index contributed by atoms with van der Waals surface area (Å²) in [4.78, 5) is 10.9. The first-order valence-electron chi connectivity index (χ1n) is 5.91. The summed E-state index contributed by atoms with van der Waals surface area (Å²) >= 11 is 17.4. The number of carboxylic acid groups (broad SMARTS) is 1. The second-order valence-electron chi connectivity index (χ2n) is 4.74. The van der Waals surface area contributed by atoms with Crippen LogP contribution >= 0.6 is 34.8 Å². The molecule has 21 heavy (non-hydrogen) atoms. The Labute approximate surface area is 138 Å². The highest BCUT2D eigenvalue weighted by atomic mass is 35.5. The topological polar surface area (TPSA) is 83.5 Å². The molecule has 0 aliphatic carbocycles. The molecular formula is C12H14Cl3NO4S. The fourth-order valence-corrected chi connectivity index (χ4v) is 4.17. The van der Waals surface area contributed by atoms with Gasteiger partial charge in [-0.3, -0.25) is 4.79 Å². The summed E-state index contributed by atoms with van der Waals surface area (Å²) < 4.78 is 26.7. The molecule has 1 aromatic rings. The number of hydrogen-bond donors (Lipinski definition) is 2. The van der Waals surface area contributed by atoms with E-state index < -0.39 is 21.4 Å². The van der Waals surface area contributed by atoms with Gasteiger partial charge in [-0.2, -0.15) is 0 Å². The minimum atomic E-state index is -4.05. The molecule has 9 heteroatoms. The highest BCUT2D eigenvalue weighted by Crippen LogP contribution is 2.33. The Kier molecular flexibility index (Phi) is 5.91. The molecule has 0 aliphatic rings. The van der Waals surface area contributed by atoms with Crippen molar-refractivity contribution < 1.29 is 18.3 Å². The average molecular weight is 375 g/mol. The molecule has 1 aromatic carbocycles. The van der Waals surface area contributed by atoms with E-state index in [-0.39, 0.29) is 32.9 Å². The van der Waals surface area contributed by atoms with Crippen LogP contribution in [0.3, 0.4) is 0 Å². The lowest BCUT2D eigenvalue weighted by Gasteiger charge is -2.23. The van der Waals surface area contributed by atoms with Crippen LogP contribution in [0, 0.1) is 5.41 Å². The number of carbonyl (C=O) groups is 1. The third-order valence-corrected chi connectivity index (χ3v) is 5.72. The second kappa shape index (κ2) is 6.71. The van der Waals surface area contributed by atoms with Gasteiger partial charge in [0.15, 0.2) is 0 Å². The highest BCUT2D eigenvalue weighted by molar-refractivity contribution is 7.89. The fourth-order valence-electron chi connectivity index (χ4n) is 1.46. The van der Waals surface area contributed by atoms with Crippen LogP contribution < -0.4 is 4.72 Å². The first-order valence-corrected chi connectivity index (χ1v) is 8.53. The molecule has 0 radical (unpaired) electrons. The number of benzene rings is 1. The van der Waals surface area contributed by atoms with E-state index in [9.17, 15) is 13.2 Å². The van der Waals surface area contributed by atoms with Crippen LogP contribution in [0.1, 0.15) is 20.3 Å². The summed E-state index contributed by atoms with van der Waals surface area (Å²) in [5.74, 6) is -1.10. The van der Waals surface area contributed by atoms with Gasteiger partial charge in [0.05, 0.1) is 15.5 Å². The smallest absolute Gasteiger partial charge is 0.310 e. The third-order valence-electron chi connectivity index (χ3n) is 3.18. The lowest BCUT2D eigenvalue weighted by atomic mass is 9.88. The molecule has 2 N–H and O–H groups in total. The number of halogens is 3. The van der Waals surface area contributed by atoms with E-state index in [1.165, 1.54) is 19.1 Å². The van der Waals surface area contributed by atoms with Crippen molar-refractivity contribution >= 4 is 50.8 Å². The standard InChI is InChI=1S/C12H14Cl3NO4S/c1-3-12(2,11(17)18)6-16-21(19,20)10-8(14)4-7(13)5-9(10)15/h4-5,16H,3,6H2,1-2H3,(H,17,18). The minimum absolute atomic E-state index is 0.131. The van der Waals surface area contributed by atoms with Crippen molar-refractivity contribution in [3.63, 3.8) is 0 Å². The Morgan fingerprint density at radius 1 is 1.29 bits per heavy atom. The molecular weight excluding hydrogens is 361 g/mol. The van der Waals surface area contributed by atoms with E-state index in [4.69, 9.17) is 39.9 Å². The largest absolute Gasteiger partial charge is 0.481 e.